The lowest BCUT2D eigenvalue weighted by Crippen LogP contribution is -2.36. The molecule has 5 heteroatoms. The maximum atomic E-state index is 12.0. The lowest BCUT2D eigenvalue weighted by Gasteiger charge is -2.22. The van der Waals surface area contributed by atoms with Crippen LogP contribution in [0, 0.1) is 0 Å². The fourth-order valence-corrected chi connectivity index (χ4v) is 3.39. The van der Waals surface area contributed by atoms with Gasteiger partial charge in [0.05, 0.1) is 10.7 Å². The molecule has 1 aromatic rings. The molecule has 0 spiro atoms. The number of anilines is 1. The van der Waals surface area contributed by atoms with E-state index in [1.54, 1.807) is 18.2 Å². The maximum absolute atomic E-state index is 12.0. The molecule has 2 rings (SSSR count). The van der Waals surface area contributed by atoms with Crippen LogP contribution >= 0.6 is 23.4 Å². The van der Waals surface area contributed by atoms with Crippen LogP contribution in [0.3, 0.4) is 0 Å². The molecule has 1 unspecified atom stereocenters. The number of thioether (sulfide) groups is 1. The summed E-state index contributed by atoms with van der Waals surface area (Å²) in [4.78, 5) is 12.0. The minimum absolute atomic E-state index is 0.0907. The average molecular weight is 285 g/mol. The summed E-state index contributed by atoms with van der Waals surface area (Å²) in [6, 6.07) is 4.96. The molecule has 18 heavy (non-hydrogen) atoms. The van der Waals surface area contributed by atoms with E-state index in [-0.39, 0.29) is 10.7 Å². The van der Waals surface area contributed by atoms with E-state index < -0.39 is 0 Å². The number of nitrogen functional groups attached to an aromatic ring is 1. The van der Waals surface area contributed by atoms with Gasteiger partial charge in [0, 0.05) is 16.9 Å². The normalized spacial score (nSPS) is 23.0. The van der Waals surface area contributed by atoms with Crippen LogP contribution < -0.4 is 11.1 Å². The molecule has 0 aromatic heterocycles. The predicted octanol–water partition coefficient (Wildman–Crippen LogP) is 2.94. The number of benzene rings is 1. The monoisotopic (exact) mass is 284 g/mol. The summed E-state index contributed by atoms with van der Waals surface area (Å²) in [6.07, 6.45) is 2.38. The third-order valence-corrected chi connectivity index (χ3v) is 5.06. The summed E-state index contributed by atoms with van der Waals surface area (Å²) < 4.78 is 0.174. The van der Waals surface area contributed by atoms with Gasteiger partial charge in [0.25, 0.3) is 5.91 Å². The Morgan fingerprint density at radius 3 is 3.00 bits per heavy atom. The molecule has 1 aromatic carbocycles. The quantitative estimate of drug-likeness (QED) is 0.839. The molecule has 1 amide bonds. The van der Waals surface area contributed by atoms with Crippen LogP contribution in [0.2, 0.25) is 5.02 Å². The van der Waals surface area contributed by atoms with Crippen LogP contribution in [0.1, 0.15) is 30.1 Å². The molecule has 3 N–H and O–H groups in total. The number of nitrogens with one attached hydrogen (secondary N) is 1. The van der Waals surface area contributed by atoms with Gasteiger partial charge in [-0.3, -0.25) is 4.79 Å². The van der Waals surface area contributed by atoms with E-state index in [0.717, 1.165) is 6.42 Å². The molecule has 1 atom stereocenters. The second-order valence-corrected chi connectivity index (χ2v) is 6.91. The van der Waals surface area contributed by atoms with Gasteiger partial charge >= 0.3 is 0 Å². The van der Waals surface area contributed by atoms with Crippen LogP contribution in [0.15, 0.2) is 18.2 Å². The van der Waals surface area contributed by atoms with Crippen LogP contribution in [-0.2, 0) is 0 Å². The molecule has 1 fully saturated rings. The molecular formula is C13H17ClN2OS. The van der Waals surface area contributed by atoms with Gasteiger partial charge in [-0.25, -0.2) is 0 Å². The minimum atomic E-state index is -0.0907. The van der Waals surface area contributed by atoms with E-state index >= 15 is 0 Å². The molecule has 0 saturated carbocycles. The molecule has 98 valence electrons. The summed E-state index contributed by atoms with van der Waals surface area (Å²) in [5.41, 5.74) is 6.68. The summed E-state index contributed by atoms with van der Waals surface area (Å²) in [7, 11) is 0. The number of nitrogens with two attached hydrogens (primary N) is 1. The largest absolute Gasteiger partial charge is 0.398 e. The summed E-state index contributed by atoms with van der Waals surface area (Å²) >= 11 is 7.76. The van der Waals surface area contributed by atoms with Gasteiger partial charge in [0.15, 0.2) is 0 Å². The summed E-state index contributed by atoms with van der Waals surface area (Å²) in [5.74, 6) is 1.09. The van der Waals surface area contributed by atoms with E-state index in [0.29, 0.717) is 22.8 Å². The predicted molar refractivity (Wildman–Crippen MR) is 78.3 cm³/mol. The van der Waals surface area contributed by atoms with Crippen LogP contribution in [0.25, 0.3) is 0 Å². The fourth-order valence-electron chi connectivity index (χ4n) is 2.03. The number of carbonyl (C=O) groups is 1. The van der Waals surface area contributed by atoms with Crippen molar-refractivity contribution in [3.63, 3.8) is 0 Å². The number of halogens is 1. The van der Waals surface area contributed by atoms with Gasteiger partial charge in [0.2, 0.25) is 0 Å². The first-order valence-electron chi connectivity index (χ1n) is 5.97. The van der Waals surface area contributed by atoms with Crippen molar-refractivity contribution in [3.8, 4) is 0 Å². The Labute approximate surface area is 116 Å². The Morgan fingerprint density at radius 2 is 2.39 bits per heavy atom. The lowest BCUT2D eigenvalue weighted by molar-refractivity contribution is 0.0950. The third-order valence-electron chi connectivity index (χ3n) is 3.18. The maximum Gasteiger partial charge on any atom is 0.251 e. The van der Waals surface area contributed by atoms with E-state index in [4.69, 9.17) is 17.3 Å². The zero-order valence-electron chi connectivity index (χ0n) is 10.3. The second-order valence-electron chi connectivity index (χ2n) is 4.82. The van der Waals surface area contributed by atoms with Crippen LogP contribution in [0.5, 0.6) is 0 Å². The molecule has 0 radical (unpaired) electrons. The first-order chi connectivity index (χ1) is 8.50. The van der Waals surface area contributed by atoms with Crippen molar-refractivity contribution in [1.29, 1.82) is 0 Å². The van der Waals surface area contributed by atoms with E-state index in [2.05, 4.69) is 12.2 Å². The fraction of sp³-hybridized carbons (Fsp3) is 0.462. The smallest absolute Gasteiger partial charge is 0.251 e. The molecule has 1 heterocycles. The van der Waals surface area contributed by atoms with E-state index in [1.807, 2.05) is 11.8 Å². The Morgan fingerprint density at radius 1 is 1.61 bits per heavy atom. The zero-order chi connectivity index (χ0) is 13.2. The summed E-state index contributed by atoms with van der Waals surface area (Å²) in [5, 5.41) is 3.45. The second kappa shape index (κ2) is 5.41. The van der Waals surface area contributed by atoms with Crippen molar-refractivity contribution >= 4 is 35.0 Å². The number of carbonyl (C=O) groups excluding carboxylic acids is 1. The minimum Gasteiger partial charge on any atom is -0.398 e. The number of hydrogen-bond acceptors (Lipinski definition) is 3. The first-order valence-corrected chi connectivity index (χ1v) is 7.34. The highest BCUT2D eigenvalue weighted by molar-refractivity contribution is 8.00. The average Bonchev–Trinajstić information content (AvgIpc) is 2.77. The van der Waals surface area contributed by atoms with Gasteiger partial charge in [0.1, 0.15) is 0 Å². The topological polar surface area (TPSA) is 55.1 Å². The van der Waals surface area contributed by atoms with Crippen LogP contribution in [0.4, 0.5) is 5.69 Å². The Balaban J connectivity index is 1.97. The molecule has 1 aliphatic heterocycles. The number of rotatable bonds is 3. The first kappa shape index (κ1) is 13.6. The SMILES string of the molecule is CC1(CNC(=O)c2ccc(Cl)c(N)c2)CCCS1. The van der Waals surface area contributed by atoms with Crippen molar-refractivity contribution in [3.05, 3.63) is 28.8 Å². The zero-order valence-corrected chi connectivity index (χ0v) is 11.9. The lowest BCUT2D eigenvalue weighted by atomic mass is 10.1. The van der Waals surface area contributed by atoms with Gasteiger partial charge in [-0.05, 0) is 43.7 Å². The van der Waals surface area contributed by atoms with Crippen LogP contribution in [-0.4, -0.2) is 23.0 Å². The van der Waals surface area contributed by atoms with Crippen molar-refractivity contribution in [2.75, 3.05) is 18.0 Å². The van der Waals surface area contributed by atoms with Gasteiger partial charge in [-0.2, -0.15) is 11.8 Å². The van der Waals surface area contributed by atoms with E-state index in [1.165, 1.54) is 12.2 Å². The highest BCUT2D eigenvalue weighted by Gasteiger charge is 2.29. The van der Waals surface area contributed by atoms with Crippen molar-refractivity contribution in [1.82, 2.24) is 5.32 Å². The standard InChI is InChI=1S/C13H17ClN2OS/c1-13(5-2-6-18-13)8-16-12(17)9-3-4-10(14)11(15)7-9/h3-4,7H,2,5-6,8,15H2,1H3,(H,16,17). The highest BCUT2D eigenvalue weighted by Crippen LogP contribution is 2.37. The van der Waals surface area contributed by atoms with Gasteiger partial charge < -0.3 is 11.1 Å². The van der Waals surface area contributed by atoms with Gasteiger partial charge in [-0.1, -0.05) is 11.6 Å². The molecule has 1 aliphatic rings. The molecule has 0 aliphatic carbocycles. The molecule has 3 nitrogen and oxygen atoms in total. The van der Waals surface area contributed by atoms with E-state index in [9.17, 15) is 4.79 Å². The Hall–Kier alpha value is -0.870. The molecule has 1 saturated heterocycles. The molecule has 0 bridgehead atoms. The Kier molecular flexibility index (Phi) is 4.07. The summed E-state index contributed by atoms with van der Waals surface area (Å²) in [6.45, 7) is 2.89. The number of amides is 1. The van der Waals surface area contributed by atoms with Crippen molar-refractivity contribution in [2.45, 2.75) is 24.5 Å². The molecular weight excluding hydrogens is 268 g/mol. The van der Waals surface area contributed by atoms with Crippen molar-refractivity contribution < 1.29 is 4.79 Å². The van der Waals surface area contributed by atoms with Crippen molar-refractivity contribution in [2.24, 2.45) is 0 Å². The number of hydrogen-bond donors (Lipinski definition) is 2. The highest BCUT2D eigenvalue weighted by atomic mass is 35.5. The van der Waals surface area contributed by atoms with Gasteiger partial charge in [-0.15, -0.1) is 0 Å². The Bertz CT molecular complexity index is 458. The third kappa shape index (κ3) is 3.12.